The third-order valence-electron chi connectivity index (χ3n) is 10.9. The first kappa shape index (κ1) is 22.6. The molecule has 10 atom stereocenters. The molecule has 0 spiro atoms. The predicted molar refractivity (Wildman–Crippen MR) is 116 cm³/mol. The van der Waals surface area contributed by atoms with Crippen LogP contribution in [0.1, 0.15) is 85.0 Å². The summed E-state index contributed by atoms with van der Waals surface area (Å²) in [5, 5.41) is 9.63. The molecule has 0 heterocycles. The van der Waals surface area contributed by atoms with Crippen LogP contribution in [0.15, 0.2) is 0 Å². The molecule has 0 aromatic heterocycles. The lowest BCUT2D eigenvalue weighted by atomic mass is 9.43. The van der Waals surface area contributed by atoms with Crippen LogP contribution in [0, 0.1) is 52.3 Å². The van der Waals surface area contributed by atoms with Gasteiger partial charge in [0, 0.05) is 18.9 Å². The number of hydrogen-bond donors (Lipinski definition) is 1. The Morgan fingerprint density at radius 1 is 1.03 bits per heavy atom. The van der Waals surface area contributed by atoms with Gasteiger partial charge < -0.3 is 9.84 Å². The fourth-order valence-electron chi connectivity index (χ4n) is 9.18. The molecule has 4 rings (SSSR count). The second-order valence-corrected chi connectivity index (χ2v) is 11.8. The fraction of sp³-hybridized carbons (Fsp3) is 0.962. The quantitative estimate of drug-likeness (QED) is 0.570. The number of alkyl halides is 1. The molecule has 30 heavy (non-hydrogen) atoms. The molecule has 0 aliphatic heterocycles. The number of methoxy groups -OCH3 is 1. The summed E-state index contributed by atoms with van der Waals surface area (Å²) in [7, 11) is 1.48. The molecular formula is C26H43FO3. The molecule has 2 unspecified atom stereocenters. The molecule has 0 saturated heterocycles. The Morgan fingerprint density at radius 3 is 2.40 bits per heavy atom. The second-order valence-electron chi connectivity index (χ2n) is 11.8. The molecule has 0 aromatic rings. The number of halogens is 1. The first-order valence-corrected chi connectivity index (χ1v) is 12.6. The Hall–Kier alpha value is -0.640. The first-order chi connectivity index (χ1) is 14.3. The maximum Gasteiger partial charge on any atom is 0.305 e. The molecule has 4 aliphatic rings. The van der Waals surface area contributed by atoms with Crippen molar-refractivity contribution < 1.29 is 19.0 Å². The first-order valence-electron chi connectivity index (χ1n) is 12.6. The number of fused-ring (bicyclic) bond motifs is 5. The highest BCUT2D eigenvalue weighted by molar-refractivity contribution is 5.69. The highest BCUT2D eigenvalue weighted by Crippen LogP contribution is 2.68. The summed E-state index contributed by atoms with van der Waals surface area (Å²) in [6.07, 6.45) is 9.85. The van der Waals surface area contributed by atoms with Gasteiger partial charge in [-0.25, -0.2) is 4.39 Å². The molecule has 0 aromatic carbocycles. The van der Waals surface area contributed by atoms with Crippen LogP contribution in [0.25, 0.3) is 0 Å². The average molecular weight is 423 g/mol. The van der Waals surface area contributed by atoms with Gasteiger partial charge in [-0.2, -0.15) is 0 Å². The van der Waals surface area contributed by atoms with E-state index in [9.17, 15) is 9.90 Å². The molecule has 3 nitrogen and oxygen atoms in total. The Kier molecular flexibility index (Phi) is 6.29. The molecule has 172 valence electrons. The third-order valence-corrected chi connectivity index (χ3v) is 10.9. The van der Waals surface area contributed by atoms with Crippen molar-refractivity contribution in [2.45, 2.75) is 91.2 Å². The van der Waals surface area contributed by atoms with Crippen LogP contribution in [0.2, 0.25) is 0 Å². The standard InChI is InChI=1S/C26H43FO3/c1-16(5-10-23(29)30-4)19-8-9-20-18-6-7-22-24(27)17(15-28)11-13-26(22,3)21(18)12-14-25(19,20)2/h16-22,24,28H,5-15H2,1-4H3/t16-,17?,18+,19?,20+,21+,22-,24+,25-,26-/m1/s1. The minimum atomic E-state index is -0.822. The number of carbonyl (C=O) groups is 1. The summed E-state index contributed by atoms with van der Waals surface area (Å²) in [4.78, 5) is 11.7. The highest BCUT2D eigenvalue weighted by atomic mass is 19.1. The van der Waals surface area contributed by atoms with E-state index < -0.39 is 6.17 Å². The normalized spacial score (nSPS) is 48.9. The molecule has 4 aliphatic carbocycles. The van der Waals surface area contributed by atoms with Crippen molar-refractivity contribution in [3.63, 3.8) is 0 Å². The van der Waals surface area contributed by atoms with Gasteiger partial charge in [0.25, 0.3) is 0 Å². The van der Waals surface area contributed by atoms with Gasteiger partial charge in [0.1, 0.15) is 6.17 Å². The largest absolute Gasteiger partial charge is 0.469 e. The number of hydrogen-bond acceptors (Lipinski definition) is 3. The second kappa shape index (κ2) is 8.37. The number of ether oxygens (including phenoxy) is 1. The number of aliphatic hydroxyl groups is 1. The number of aliphatic hydroxyl groups excluding tert-OH is 1. The summed E-state index contributed by atoms with van der Waals surface area (Å²) in [5.74, 6) is 3.31. The lowest BCUT2D eigenvalue weighted by molar-refractivity contribution is -0.148. The predicted octanol–water partition coefficient (Wildman–Crippen LogP) is 5.79. The van der Waals surface area contributed by atoms with Crippen LogP contribution in [-0.4, -0.2) is 31.0 Å². The van der Waals surface area contributed by atoms with Crippen molar-refractivity contribution in [2.24, 2.45) is 52.3 Å². The lowest BCUT2D eigenvalue weighted by Crippen LogP contribution is -2.56. The van der Waals surface area contributed by atoms with Crippen LogP contribution in [-0.2, 0) is 9.53 Å². The van der Waals surface area contributed by atoms with E-state index in [0.717, 1.165) is 37.5 Å². The minimum Gasteiger partial charge on any atom is -0.469 e. The zero-order valence-corrected chi connectivity index (χ0v) is 19.5. The van der Waals surface area contributed by atoms with E-state index >= 15 is 4.39 Å². The Balaban J connectivity index is 1.49. The van der Waals surface area contributed by atoms with Crippen molar-refractivity contribution in [1.29, 1.82) is 0 Å². The van der Waals surface area contributed by atoms with Crippen LogP contribution >= 0.6 is 0 Å². The van der Waals surface area contributed by atoms with Crippen molar-refractivity contribution in [3.05, 3.63) is 0 Å². The Labute approximate surface area is 182 Å². The van der Waals surface area contributed by atoms with Crippen molar-refractivity contribution in [2.75, 3.05) is 13.7 Å². The van der Waals surface area contributed by atoms with Gasteiger partial charge in [-0.3, -0.25) is 4.79 Å². The van der Waals surface area contributed by atoms with Crippen LogP contribution in [0.4, 0.5) is 4.39 Å². The van der Waals surface area contributed by atoms with E-state index in [-0.39, 0.29) is 29.8 Å². The van der Waals surface area contributed by atoms with Gasteiger partial charge in [-0.1, -0.05) is 20.8 Å². The maximum atomic E-state index is 15.3. The van der Waals surface area contributed by atoms with E-state index in [1.54, 1.807) is 0 Å². The summed E-state index contributed by atoms with van der Waals surface area (Å²) in [6.45, 7) is 7.28. The van der Waals surface area contributed by atoms with E-state index in [1.165, 1.54) is 39.2 Å². The third kappa shape index (κ3) is 3.44. The molecular weight excluding hydrogens is 379 g/mol. The fourth-order valence-corrected chi connectivity index (χ4v) is 9.18. The lowest BCUT2D eigenvalue weighted by Gasteiger charge is -2.62. The Morgan fingerprint density at radius 2 is 1.70 bits per heavy atom. The average Bonchev–Trinajstić information content (AvgIpc) is 3.09. The molecule has 4 heteroatoms. The topological polar surface area (TPSA) is 46.5 Å². The van der Waals surface area contributed by atoms with E-state index in [0.29, 0.717) is 29.6 Å². The SMILES string of the molecule is COC(=O)CC[C@@H](C)C1CC[C@H]2[C@@H]3CC[C@@H]4[C@@H](F)C(CO)CC[C@]4(C)[C@H]3CC[C@]12C. The molecule has 0 radical (unpaired) electrons. The van der Waals surface area contributed by atoms with E-state index in [4.69, 9.17) is 4.74 Å². The van der Waals surface area contributed by atoms with Gasteiger partial charge in [0.05, 0.1) is 7.11 Å². The summed E-state index contributed by atoms with van der Waals surface area (Å²) in [5.41, 5.74) is 0.487. The number of rotatable bonds is 5. The maximum absolute atomic E-state index is 15.3. The van der Waals surface area contributed by atoms with Gasteiger partial charge in [0.15, 0.2) is 0 Å². The van der Waals surface area contributed by atoms with Crippen LogP contribution < -0.4 is 0 Å². The smallest absolute Gasteiger partial charge is 0.305 e. The van der Waals surface area contributed by atoms with Gasteiger partial charge >= 0.3 is 5.97 Å². The van der Waals surface area contributed by atoms with E-state index in [1.807, 2.05) is 0 Å². The van der Waals surface area contributed by atoms with Crippen molar-refractivity contribution in [3.8, 4) is 0 Å². The highest BCUT2D eigenvalue weighted by Gasteiger charge is 2.62. The summed E-state index contributed by atoms with van der Waals surface area (Å²) >= 11 is 0. The molecule has 4 fully saturated rings. The Bertz CT molecular complexity index is 638. The number of esters is 1. The summed E-state index contributed by atoms with van der Waals surface area (Å²) in [6, 6.07) is 0. The molecule has 0 amide bonds. The zero-order valence-electron chi connectivity index (χ0n) is 19.5. The molecule has 1 N–H and O–H groups in total. The zero-order chi connectivity index (χ0) is 21.7. The molecule has 4 saturated carbocycles. The van der Waals surface area contributed by atoms with Gasteiger partial charge in [-0.15, -0.1) is 0 Å². The monoisotopic (exact) mass is 422 g/mol. The minimum absolute atomic E-state index is 0.00762. The van der Waals surface area contributed by atoms with E-state index in [2.05, 4.69) is 20.8 Å². The van der Waals surface area contributed by atoms with Crippen molar-refractivity contribution in [1.82, 2.24) is 0 Å². The van der Waals surface area contributed by atoms with Gasteiger partial charge in [-0.05, 0) is 104 Å². The van der Waals surface area contributed by atoms with Crippen LogP contribution in [0.5, 0.6) is 0 Å². The summed E-state index contributed by atoms with van der Waals surface area (Å²) < 4.78 is 20.1. The number of carbonyl (C=O) groups excluding carboxylic acids is 1. The van der Waals surface area contributed by atoms with Crippen molar-refractivity contribution >= 4 is 5.97 Å². The van der Waals surface area contributed by atoms with Gasteiger partial charge in [0.2, 0.25) is 0 Å². The molecule has 0 bridgehead atoms. The van der Waals surface area contributed by atoms with Crippen LogP contribution in [0.3, 0.4) is 0 Å².